The van der Waals surface area contributed by atoms with Crippen LogP contribution in [-0.2, 0) is 11.3 Å². The Bertz CT molecular complexity index is 732. The molecule has 8 heteroatoms. The van der Waals surface area contributed by atoms with Gasteiger partial charge in [0.2, 0.25) is 5.91 Å². The van der Waals surface area contributed by atoms with E-state index >= 15 is 0 Å². The highest BCUT2D eigenvalue weighted by Gasteiger charge is 2.14. The Balaban J connectivity index is 2.05. The van der Waals surface area contributed by atoms with Crippen LogP contribution in [-0.4, -0.2) is 28.9 Å². The molecule has 0 saturated carbocycles. The van der Waals surface area contributed by atoms with Crippen LogP contribution < -0.4 is 10.6 Å². The van der Waals surface area contributed by atoms with Gasteiger partial charge in [0, 0.05) is 25.0 Å². The smallest absolute Gasteiger partial charge is 0.322 e. The van der Waals surface area contributed by atoms with Crippen LogP contribution >= 0.6 is 11.3 Å². The Morgan fingerprint density at radius 2 is 2.09 bits per heavy atom. The summed E-state index contributed by atoms with van der Waals surface area (Å²) in [6.45, 7) is 3.56. The van der Waals surface area contributed by atoms with Crippen molar-refractivity contribution in [2.24, 2.45) is 0 Å². The van der Waals surface area contributed by atoms with E-state index in [0.717, 1.165) is 10.7 Å². The number of carbonyl (C=O) groups excluding carboxylic acids is 2. The zero-order chi connectivity index (χ0) is 17.0. The van der Waals surface area contributed by atoms with Crippen LogP contribution in [0.15, 0.2) is 23.6 Å². The summed E-state index contributed by atoms with van der Waals surface area (Å²) in [4.78, 5) is 28.9. The van der Waals surface area contributed by atoms with Gasteiger partial charge in [-0.05, 0) is 25.1 Å². The normalized spacial score (nSPS) is 10.3. The number of nitrogens with one attached hydrogen (secondary N) is 2. The second kappa shape index (κ2) is 7.19. The average molecular weight is 336 g/mol. The molecule has 2 aromatic rings. The molecule has 0 bridgehead atoms. The lowest BCUT2D eigenvalue weighted by atomic mass is 10.2. The quantitative estimate of drug-likeness (QED) is 0.900. The van der Waals surface area contributed by atoms with Crippen molar-refractivity contribution in [3.05, 3.63) is 40.1 Å². The zero-order valence-electron chi connectivity index (χ0n) is 13.0. The third kappa shape index (κ3) is 4.75. The van der Waals surface area contributed by atoms with Crippen LogP contribution in [0.4, 0.5) is 20.6 Å². The average Bonchev–Trinajstić information content (AvgIpc) is 2.87. The first-order valence-corrected chi connectivity index (χ1v) is 7.73. The highest BCUT2D eigenvalue weighted by Crippen LogP contribution is 2.20. The predicted molar refractivity (Wildman–Crippen MR) is 88.0 cm³/mol. The minimum atomic E-state index is -0.578. The molecule has 0 aliphatic rings. The fourth-order valence-electron chi connectivity index (χ4n) is 1.91. The summed E-state index contributed by atoms with van der Waals surface area (Å²) in [7, 11) is 1.60. The van der Waals surface area contributed by atoms with E-state index in [-0.39, 0.29) is 11.6 Å². The molecule has 0 fully saturated rings. The Kier molecular flexibility index (Phi) is 5.28. The molecule has 6 nitrogen and oxygen atoms in total. The number of urea groups is 1. The van der Waals surface area contributed by atoms with E-state index in [2.05, 4.69) is 15.6 Å². The number of nitrogens with zero attached hydrogens (tertiary/aromatic N) is 2. The third-order valence-corrected chi connectivity index (χ3v) is 3.76. The molecule has 1 heterocycles. The zero-order valence-corrected chi connectivity index (χ0v) is 13.8. The Morgan fingerprint density at radius 1 is 1.35 bits per heavy atom. The van der Waals surface area contributed by atoms with Crippen LogP contribution in [0.1, 0.15) is 17.6 Å². The monoisotopic (exact) mass is 336 g/mol. The maximum absolute atomic E-state index is 13.8. The number of carbonyl (C=O) groups is 2. The van der Waals surface area contributed by atoms with Crippen molar-refractivity contribution < 1.29 is 14.0 Å². The van der Waals surface area contributed by atoms with Gasteiger partial charge in [0.25, 0.3) is 0 Å². The van der Waals surface area contributed by atoms with Crippen LogP contribution in [0.25, 0.3) is 0 Å². The summed E-state index contributed by atoms with van der Waals surface area (Å²) >= 11 is 1.50. The summed E-state index contributed by atoms with van der Waals surface area (Å²) in [5.74, 6) is -0.852. The predicted octanol–water partition coefficient (Wildman–Crippen LogP) is 3.21. The van der Waals surface area contributed by atoms with Gasteiger partial charge in [-0.3, -0.25) is 4.79 Å². The van der Waals surface area contributed by atoms with Crippen LogP contribution in [0.5, 0.6) is 0 Å². The molecule has 122 valence electrons. The van der Waals surface area contributed by atoms with Gasteiger partial charge in [0.15, 0.2) is 0 Å². The largest absolute Gasteiger partial charge is 0.326 e. The molecule has 1 aromatic carbocycles. The number of benzene rings is 1. The molecule has 0 radical (unpaired) electrons. The van der Waals surface area contributed by atoms with Gasteiger partial charge in [0.1, 0.15) is 5.82 Å². The fraction of sp³-hybridized carbons (Fsp3) is 0.267. The second-order valence-corrected chi connectivity index (χ2v) is 6.08. The number of aromatic nitrogens is 1. The summed E-state index contributed by atoms with van der Waals surface area (Å²) in [6, 6.07) is 3.52. The topological polar surface area (TPSA) is 74.3 Å². The van der Waals surface area contributed by atoms with Gasteiger partial charge in [-0.15, -0.1) is 11.3 Å². The van der Waals surface area contributed by atoms with Gasteiger partial charge in [-0.25, -0.2) is 14.2 Å². The van der Waals surface area contributed by atoms with Crippen molar-refractivity contribution in [1.29, 1.82) is 0 Å². The molecule has 0 atom stereocenters. The molecule has 0 aliphatic heterocycles. The Morgan fingerprint density at radius 3 is 2.70 bits per heavy atom. The van der Waals surface area contributed by atoms with Crippen LogP contribution in [0, 0.1) is 12.7 Å². The lowest BCUT2D eigenvalue weighted by Crippen LogP contribution is -2.31. The highest BCUT2D eigenvalue weighted by atomic mass is 32.1. The van der Waals surface area contributed by atoms with Crippen molar-refractivity contribution in [2.75, 3.05) is 17.7 Å². The molecule has 2 N–H and O–H groups in total. The van der Waals surface area contributed by atoms with Gasteiger partial charge < -0.3 is 15.5 Å². The lowest BCUT2D eigenvalue weighted by molar-refractivity contribution is -0.114. The van der Waals surface area contributed by atoms with E-state index in [9.17, 15) is 14.0 Å². The first-order valence-electron chi connectivity index (χ1n) is 6.85. The van der Waals surface area contributed by atoms with Crippen molar-refractivity contribution >= 4 is 34.6 Å². The van der Waals surface area contributed by atoms with Gasteiger partial charge in [-0.2, -0.15) is 0 Å². The molecular weight excluding hydrogens is 319 g/mol. The number of thiazole rings is 1. The van der Waals surface area contributed by atoms with Crippen molar-refractivity contribution in [3.63, 3.8) is 0 Å². The molecular formula is C15H17FN4O2S. The standard InChI is InChI=1S/C15H17FN4O2S/c1-9(21)17-11-4-5-13(16)14(6-11)19-15(22)20(3)7-12-8-23-10(2)18-12/h4-6,8H,7H2,1-3H3,(H,17,21)(H,19,22). The Hall–Kier alpha value is -2.48. The van der Waals surface area contributed by atoms with Gasteiger partial charge >= 0.3 is 6.03 Å². The van der Waals surface area contributed by atoms with E-state index in [1.807, 2.05) is 12.3 Å². The van der Waals surface area contributed by atoms with Crippen molar-refractivity contribution in [3.8, 4) is 0 Å². The fourth-order valence-corrected chi connectivity index (χ4v) is 2.51. The molecule has 0 aliphatic carbocycles. The number of hydrogen-bond donors (Lipinski definition) is 2. The Labute approximate surface area is 137 Å². The number of anilines is 2. The molecule has 0 saturated heterocycles. The third-order valence-electron chi connectivity index (χ3n) is 2.94. The summed E-state index contributed by atoms with van der Waals surface area (Å²) in [5, 5.41) is 7.82. The number of hydrogen-bond acceptors (Lipinski definition) is 4. The molecule has 1 aromatic heterocycles. The summed E-state index contributed by atoms with van der Waals surface area (Å²) in [6.07, 6.45) is 0. The van der Waals surface area contributed by atoms with Crippen molar-refractivity contribution in [1.82, 2.24) is 9.88 Å². The molecule has 0 unspecified atom stereocenters. The highest BCUT2D eigenvalue weighted by molar-refractivity contribution is 7.09. The van der Waals surface area contributed by atoms with E-state index in [0.29, 0.717) is 12.2 Å². The summed E-state index contributed by atoms with van der Waals surface area (Å²) < 4.78 is 13.8. The van der Waals surface area contributed by atoms with E-state index in [4.69, 9.17) is 0 Å². The van der Waals surface area contributed by atoms with E-state index in [1.54, 1.807) is 7.05 Å². The second-order valence-electron chi connectivity index (χ2n) is 5.02. The molecule has 2 rings (SSSR count). The number of aryl methyl sites for hydroxylation is 1. The van der Waals surface area contributed by atoms with Gasteiger partial charge in [0.05, 0.1) is 22.9 Å². The molecule has 23 heavy (non-hydrogen) atoms. The first kappa shape index (κ1) is 16.9. The maximum atomic E-state index is 13.8. The lowest BCUT2D eigenvalue weighted by Gasteiger charge is -2.17. The van der Waals surface area contributed by atoms with Crippen LogP contribution in [0.2, 0.25) is 0 Å². The first-order chi connectivity index (χ1) is 10.8. The molecule has 0 spiro atoms. The number of rotatable bonds is 4. The summed E-state index contributed by atoms with van der Waals surface area (Å²) in [5.41, 5.74) is 1.19. The SMILES string of the molecule is CC(=O)Nc1ccc(F)c(NC(=O)N(C)Cc2csc(C)n2)c1. The van der Waals surface area contributed by atoms with Crippen LogP contribution in [0.3, 0.4) is 0 Å². The number of amides is 3. The minimum absolute atomic E-state index is 0.00237. The van der Waals surface area contributed by atoms with E-state index < -0.39 is 11.8 Å². The van der Waals surface area contributed by atoms with Gasteiger partial charge in [-0.1, -0.05) is 0 Å². The van der Waals surface area contributed by atoms with Crippen molar-refractivity contribution in [2.45, 2.75) is 20.4 Å². The minimum Gasteiger partial charge on any atom is -0.326 e. The molecule has 3 amide bonds. The maximum Gasteiger partial charge on any atom is 0.322 e. The van der Waals surface area contributed by atoms with E-state index in [1.165, 1.54) is 41.4 Å². The number of halogens is 1.